The highest BCUT2D eigenvalue weighted by atomic mass is 15.2. The van der Waals surface area contributed by atoms with Crippen molar-refractivity contribution in [3.63, 3.8) is 0 Å². The molecular formula is C45H52N2. The van der Waals surface area contributed by atoms with E-state index in [0.717, 1.165) is 6.54 Å². The normalized spacial score (nSPS) is 21.7. The molecule has 1 unspecified atom stereocenters. The monoisotopic (exact) mass is 620 g/mol. The summed E-state index contributed by atoms with van der Waals surface area (Å²) >= 11 is 0. The summed E-state index contributed by atoms with van der Waals surface area (Å²) in [5.41, 5.74) is 13.1. The Morgan fingerprint density at radius 3 is 1.62 bits per heavy atom. The molecule has 0 saturated carbocycles. The van der Waals surface area contributed by atoms with E-state index in [2.05, 4.69) is 156 Å². The minimum absolute atomic E-state index is 0.0573. The summed E-state index contributed by atoms with van der Waals surface area (Å²) in [5, 5.41) is 2.71. The fourth-order valence-electron chi connectivity index (χ4n) is 9.32. The molecule has 0 radical (unpaired) electrons. The molecule has 242 valence electrons. The van der Waals surface area contributed by atoms with E-state index in [9.17, 15) is 0 Å². The molecule has 0 N–H and O–H groups in total. The maximum atomic E-state index is 2.71. The van der Waals surface area contributed by atoms with Gasteiger partial charge in [0, 0.05) is 22.8 Å². The predicted octanol–water partition coefficient (Wildman–Crippen LogP) is 12.5. The van der Waals surface area contributed by atoms with Gasteiger partial charge in [-0.25, -0.2) is 0 Å². The lowest BCUT2D eigenvalue weighted by molar-refractivity contribution is 0.331. The lowest BCUT2D eigenvalue weighted by atomic mass is 9.62. The maximum Gasteiger partial charge on any atom is 0.0562 e. The Balaban J connectivity index is 1.51. The summed E-state index contributed by atoms with van der Waals surface area (Å²) < 4.78 is 2.60. The van der Waals surface area contributed by atoms with Crippen molar-refractivity contribution in [2.45, 2.75) is 116 Å². The number of para-hydroxylation sites is 1. The third-order valence-corrected chi connectivity index (χ3v) is 12.4. The molecule has 8 rings (SSSR count). The first-order valence-electron chi connectivity index (χ1n) is 18.0. The number of benzene rings is 4. The number of fused-ring (bicyclic) bond motifs is 5. The van der Waals surface area contributed by atoms with Crippen LogP contribution in [0.4, 0.5) is 17.1 Å². The molecule has 4 aromatic carbocycles. The molecule has 1 atom stereocenters. The second kappa shape index (κ2) is 10.4. The van der Waals surface area contributed by atoms with Gasteiger partial charge in [0.25, 0.3) is 0 Å². The smallest absolute Gasteiger partial charge is 0.0562 e. The Kier molecular flexibility index (Phi) is 6.73. The Morgan fingerprint density at radius 1 is 0.574 bits per heavy atom. The first-order chi connectivity index (χ1) is 22.3. The second-order valence-electron chi connectivity index (χ2n) is 17.5. The van der Waals surface area contributed by atoms with Gasteiger partial charge in [-0.1, -0.05) is 116 Å². The van der Waals surface area contributed by atoms with Crippen molar-refractivity contribution in [1.82, 2.24) is 4.57 Å². The average Bonchev–Trinajstić information content (AvgIpc) is 3.34. The number of anilines is 3. The van der Waals surface area contributed by atoms with E-state index in [4.69, 9.17) is 0 Å². The van der Waals surface area contributed by atoms with Crippen LogP contribution in [-0.4, -0.2) is 4.57 Å². The van der Waals surface area contributed by atoms with Crippen LogP contribution in [0.5, 0.6) is 0 Å². The number of rotatable bonds is 5. The largest absolute Gasteiger partial charge is 0.340 e. The highest BCUT2D eigenvalue weighted by Crippen LogP contribution is 2.56. The van der Waals surface area contributed by atoms with Gasteiger partial charge in [0.05, 0.1) is 22.6 Å². The molecule has 0 amide bonds. The zero-order chi connectivity index (χ0) is 32.9. The van der Waals surface area contributed by atoms with Crippen LogP contribution in [0, 0.1) is 5.92 Å². The summed E-state index contributed by atoms with van der Waals surface area (Å²) in [7, 11) is 0. The molecule has 0 saturated heterocycles. The van der Waals surface area contributed by atoms with Crippen molar-refractivity contribution >= 4 is 38.9 Å². The number of nitrogens with zero attached hydrogens (tertiary/aromatic N) is 2. The molecule has 47 heavy (non-hydrogen) atoms. The Bertz CT molecular complexity index is 1980. The molecule has 0 bridgehead atoms. The Morgan fingerprint density at radius 2 is 1.06 bits per heavy atom. The van der Waals surface area contributed by atoms with Crippen LogP contribution in [0.2, 0.25) is 0 Å². The molecule has 1 heterocycles. The molecule has 3 aliphatic rings. The fraction of sp³-hybridized carbons (Fsp3) is 0.422. The van der Waals surface area contributed by atoms with Crippen molar-refractivity contribution < 1.29 is 0 Å². The van der Waals surface area contributed by atoms with Crippen LogP contribution in [0.15, 0.2) is 91.0 Å². The minimum Gasteiger partial charge on any atom is -0.340 e. The SMILES string of the molecule is CC1(C)CCC(C)(C)c2c(N(c3cccc4c3C(C)(C)CCC4(C)C)c3cccc4c3c3ccccc3n4CC3C=CC3)cccc21. The van der Waals surface area contributed by atoms with Crippen LogP contribution in [0.25, 0.3) is 21.8 Å². The summed E-state index contributed by atoms with van der Waals surface area (Å²) in [4.78, 5) is 2.71. The van der Waals surface area contributed by atoms with Crippen LogP contribution in [0.1, 0.15) is 110 Å². The van der Waals surface area contributed by atoms with Gasteiger partial charge in [-0.2, -0.15) is 0 Å². The van der Waals surface area contributed by atoms with Crippen molar-refractivity contribution in [1.29, 1.82) is 0 Å². The van der Waals surface area contributed by atoms with Gasteiger partial charge in [-0.05, 0) is 112 Å². The molecule has 0 fully saturated rings. The first-order valence-corrected chi connectivity index (χ1v) is 18.0. The number of allylic oxidation sites excluding steroid dienone is 2. The van der Waals surface area contributed by atoms with Gasteiger partial charge in [0.1, 0.15) is 0 Å². The fourth-order valence-corrected chi connectivity index (χ4v) is 9.32. The van der Waals surface area contributed by atoms with E-state index in [1.54, 1.807) is 0 Å². The van der Waals surface area contributed by atoms with Gasteiger partial charge in [0.15, 0.2) is 0 Å². The number of hydrogen-bond donors (Lipinski definition) is 0. The van der Waals surface area contributed by atoms with Crippen molar-refractivity contribution in [3.05, 3.63) is 113 Å². The molecule has 2 nitrogen and oxygen atoms in total. The first kappa shape index (κ1) is 30.5. The van der Waals surface area contributed by atoms with Crippen LogP contribution in [-0.2, 0) is 28.2 Å². The Labute approximate surface area is 282 Å². The molecular weight excluding hydrogens is 569 g/mol. The summed E-state index contributed by atoms with van der Waals surface area (Å²) in [6.45, 7) is 20.8. The zero-order valence-electron chi connectivity index (χ0n) is 29.9. The summed E-state index contributed by atoms with van der Waals surface area (Å²) in [5.74, 6) is 0.599. The highest BCUT2D eigenvalue weighted by molar-refractivity contribution is 6.16. The topological polar surface area (TPSA) is 8.17 Å². The average molecular weight is 621 g/mol. The number of hydrogen-bond acceptors (Lipinski definition) is 1. The third-order valence-electron chi connectivity index (χ3n) is 12.4. The van der Waals surface area contributed by atoms with E-state index in [1.165, 1.54) is 93.2 Å². The van der Waals surface area contributed by atoms with Gasteiger partial charge >= 0.3 is 0 Å². The van der Waals surface area contributed by atoms with E-state index in [0.29, 0.717) is 5.92 Å². The van der Waals surface area contributed by atoms with Gasteiger partial charge in [0.2, 0.25) is 0 Å². The van der Waals surface area contributed by atoms with Gasteiger partial charge in [-0.15, -0.1) is 0 Å². The standard InChI is InChI=1S/C45H52N2/c1-42(2)25-27-44(5,6)40-32(42)18-12-23-37(40)47(38-24-13-19-33-41(38)45(7,8)28-26-43(33,3)4)36-22-14-21-35-39(36)31-17-9-10-20-34(31)46(35)29-30-15-11-16-30/h9-15,17-24,30H,16,25-29H2,1-8H3. The zero-order valence-corrected chi connectivity index (χ0v) is 29.9. The lowest BCUT2D eigenvalue weighted by Crippen LogP contribution is -2.37. The Hall–Kier alpha value is -3.78. The van der Waals surface area contributed by atoms with E-state index in [1.807, 2.05) is 0 Å². The van der Waals surface area contributed by atoms with Crippen LogP contribution >= 0.6 is 0 Å². The quantitative estimate of drug-likeness (QED) is 0.177. The van der Waals surface area contributed by atoms with Crippen molar-refractivity contribution in [3.8, 4) is 0 Å². The molecule has 0 aliphatic heterocycles. The second-order valence-corrected chi connectivity index (χ2v) is 17.5. The summed E-state index contributed by atoms with van der Waals surface area (Å²) in [6.07, 6.45) is 10.6. The summed E-state index contributed by atoms with van der Waals surface area (Å²) in [6, 6.07) is 30.6. The molecule has 3 aliphatic carbocycles. The van der Waals surface area contributed by atoms with Crippen LogP contribution in [0.3, 0.4) is 0 Å². The van der Waals surface area contributed by atoms with E-state index in [-0.39, 0.29) is 21.7 Å². The molecule has 1 aromatic heterocycles. The van der Waals surface area contributed by atoms with Gasteiger partial charge < -0.3 is 9.47 Å². The third kappa shape index (κ3) is 4.65. The predicted molar refractivity (Wildman–Crippen MR) is 202 cm³/mol. The molecule has 2 heteroatoms. The minimum atomic E-state index is 0.0573. The molecule has 0 spiro atoms. The lowest BCUT2D eigenvalue weighted by Gasteiger charge is -2.47. The maximum absolute atomic E-state index is 2.71. The van der Waals surface area contributed by atoms with Crippen molar-refractivity contribution in [2.75, 3.05) is 4.90 Å². The van der Waals surface area contributed by atoms with Gasteiger partial charge in [-0.3, -0.25) is 0 Å². The highest BCUT2D eigenvalue weighted by Gasteiger charge is 2.43. The van der Waals surface area contributed by atoms with Crippen molar-refractivity contribution in [2.24, 2.45) is 5.92 Å². The number of aromatic nitrogens is 1. The molecule has 5 aromatic rings. The van der Waals surface area contributed by atoms with E-state index >= 15 is 0 Å². The van der Waals surface area contributed by atoms with E-state index < -0.39 is 0 Å². The van der Waals surface area contributed by atoms with Crippen LogP contribution < -0.4 is 4.90 Å².